The Labute approximate surface area is 90.5 Å². The monoisotopic (exact) mass is 238 g/mol. The molecule has 0 aromatic heterocycles. The normalized spacial score (nSPS) is 14.1. The Morgan fingerprint density at radius 1 is 1.53 bits per heavy atom. The second kappa shape index (κ2) is 6.04. The Balaban J connectivity index is 4.31. The molecule has 0 spiro atoms. The number of carbonyl (C=O) groups is 1. The van der Waals surface area contributed by atoms with Gasteiger partial charge in [-0.15, -0.1) is 0 Å². The first-order chi connectivity index (χ1) is 6.81. The van der Waals surface area contributed by atoms with Crippen molar-refractivity contribution in [1.29, 1.82) is 0 Å². The number of nitrogens with one attached hydrogen (secondary N) is 1. The van der Waals surface area contributed by atoms with Crippen LogP contribution in [-0.2, 0) is 15.0 Å². The molecule has 0 saturated carbocycles. The Morgan fingerprint density at radius 2 is 2.07 bits per heavy atom. The SMILES string of the molecule is CCCNS(=O)(=O)N(C)CC(C)C(=O)O. The minimum absolute atomic E-state index is 0.0334. The van der Waals surface area contributed by atoms with Crippen LogP contribution in [0.2, 0.25) is 0 Å². The lowest BCUT2D eigenvalue weighted by molar-refractivity contribution is -0.141. The summed E-state index contributed by atoms with van der Waals surface area (Å²) in [5.74, 6) is -1.72. The molecule has 15 heavy (non-hydrogen) atoms. The van der Waals surface area contributed by atoms with Gasteiger partial charge in [-0.25, -0.2) is 4.72 Å². The number of aliphatic carboxylic acids is 1. The van der Waals surface area contributed by atoms with Crippen LogP contribution in [-0.4, -0.2) is 43.9 Å². The summed E-state index contributed by atoms with van der Waals surface area (Å²) in [5.41, 5.74) is 0. The van der Waals surface area contributed by atoms with E-state index in [1.807, 2.05) is 6.92 Å². The molecule has 6 nitrogen and oxygen atoms in total. The van der Waals surface area contributed by atoms with Crippen molar-refractivity contribution < 1.29 is 18.3 Å². The summed E-state index contributed by atoms with van der Waals surface area (Å²) in [6, 6.07) is 0. The van der Waals surface area contributed by atoms with E-state index in [-0.39, 0.29) is 6.54 Å². The molecule has 0 bridgehead atoms. The quantitative estimate of drug-likeness (QED) is 0.647. The summed E-state index contributed by atoms with van der Waals surface area (Å²) in [4.78, 5) is 10.5. The van der Waals surface area contributed by atoms with Crippen LogP contribution in [0.15, 0.2) is 0 Å². The highest BCUT2D eigenvalue weighted by Crippen LogP contribution is 2.02. The highest BCUT2D eigenvalue weighted by Gasteiger charge is 2.21. The lowest BCUT2D eigenvalue weighted by atomic mass is 10.2. The average Bonchev–Trinajstić information content (AvgIpc) is 2.14. The van der Waals surface area contributed by atoms with Crippen molar-refractivity contribution in [2.75, 3.05) is 20.1 Å². The van der Waals surface area contributed by atoms with Crippen LogP contribution in [0.25, 0.3) is 0 Å². The fourth-order valence-corrected chi connectivity index (χ4v) is 2.01. The van der Waals surface area contributed by atoms with E-state index in [0.717, 1.165) is 4.31 Å². The van der Waals surface area contributed by atoms with E-state index in [0.29, 0.717) is 13.0 Å². The summed E-state index contributed by atoms with van der Waals surface area (Å²) < 4.78 is 26.3. The second-order valence-electron chi connectivity index (χ2n) is 3.42. The Morgan fingerprint density at radius 3 is 2.47 bits per heavy atom. The Kier molecular flexibility index (Phi) is 5.77. The molecular formula is C8H18N2O4S. The molecule has 2 N–H and O–H groups in total. The maximum Gasteiger partial charge on any atom is 0.307 e. The van der Waals surface area contributed by atoms with Crippen molar-refractivity contribution in [2.24, 2.45) is 5.92 Å². The number of rotatable bonds is 7. The molecule has 0 amide bonds. The molecule has 0 aliphatic heterocycles. The van der Waals surface area contributed by atoms with Crippen LogP contribution in [0.1, 0.15) is 20.3 Å². The van der Waals surface area contributed by atoms with Gasteiger partial charge in [0.25, 0.3) is 10.2 Å². The molecular weight excluding hydrogens is 220 g/mol. The van der Waals surface area contributed by atoms with Gasteiger partial charge in [-0.3, -0.25) is 4.79 Å². The van der Waals surface area contributed by atoms with Crippen LogP contribution >= 0.6 is 0 Å². The van der Waals surface area contributed by atoms with Crippen molar-refractivity contribution in [3.8, 4) is 0 Å². The molecule has 0 fully saturated rings. The van der Waals surface area contributed by atoms with E-state index in [9.17, 15) is 13.2 Å². The van der Waals surface area contributed by atoms with Crippen molar-refractivity contribution in [2.45, 2.75) is 20.3 Å². The highest BCUT2D eigenvalue weighted by atomic mass is 32.2. The molecule has 0 radical (unpaired) electrons. The first-order valence-electron chi connectivity index (χ1n) is 4.75. The molecule has 0 heterocycles. The van der Waals surface area contributed by atoms with Gasteiger partial charge in [0, 0.05) is 20.1 Å². The van der Waals surface area contributed by atoms with Gasteiger partial charge in [0.1, 0.15) is 0 Å². The van der Waals surface area contributed by atoms with E-state index in [1.54, 1.807) is 0 Å². The number of carboxylic acids is 1. The predicted molar refractivity (Wildman–Crippen MR) is 56.6 cm³/mol. The Hall–Kier alpha value is -0.660. The fraction of sp³-hybridized carbons (Fsp3) is 0.875. The van der Waals surface area contributed by atoms with Crippen molar-refractivity contribution >= 4 is 16.2 Å². The van der Waals surface area contributed by atoms with Crippen LogP contribution in [0, 0.1) is 5.92 Å². The lowest BCUT2D eigenvalue weighted by Crippen LogP contribution is -2.41. The lowest BCUT2D eigenvalue weighted by Gasteiger charge is -2.19. The molecule has 7 heteroatoms. The molecule has 0 saturated heterocycles. The van der Waals surface area contributed by atoms with Gasteiger partial charge >= 0.3 is 5.97 Å². The molecule has 0 aromatic carbocycles. The topological polar surface area (TPSA) is 86.7 Å². The van der Waals surface area contributed by atoms with E-state index in [1.165, 1.54) is 14.0 Å². The zero-order valence-electron chi connectivity index (χ0n) is 9.23. The van der Waals surface area contributed by atoms with Crippen LogP contribution in [0.4, 0.5) is 0 Å². The second-order valence-corrected chi connectivity index (χ2v) is 5.28. The Bertz CT molecular complexity index is 302. The van der Waals surface area contributed by atoms with E-state index >= 15 is 0 Å². The summed E-state index contributed by atoms with van der Waals surface area (Å²) in [6.45, 7) is 3.64. The summed E-state index contributed by atoms with van der Waals surface area (Å²) in [6.07, 6.45) is 0.696. The van der Waals surface area contributed by atoms with Crippen LogP contribution in [0.5, 0.6) is 0 Å². The maximum absolute atomic E-state index is 11.5. The first-order valence-corrected chi connectivity index (χ1v) is 6.19. The highest BCUT2D eigenvalue weighted by molar-refractivity contribution is 7.87. The summed E-state index contributed by atoms with van der Waals surface area (Å²) in [7, 11) is -2.17. The van der Waals surface area contributed by atoms with Gasteiger partial charge in [0.15, 0.2) is 0 Å². The van der Waals surface area contributed by atoms with Crippen molar-refractivity contribution in [3.05, 3.63) is 0 Å². The molecule has 90 valence electrons. The number of hydrogen-bond donors (Lipinski definition) is 2. The van der Waals surface area contributed by atoms with E-state index in [2.05, 4.69) is 4.72 Å². The molecule has 0 rings (SSSR count). The van der Waals surface area contributed by atoms with E-state index < -0.39 is 22.1 Å². The zero-order valence-corrected chi connectivity index (χ0v) is 10.0. The van der Waals surface area contributed by atoms with Crippen molar-refractivity contribution in [3.63, 3.8) is 0 Å². The predicted octanol–water partition coefficient (Wildman–Crippen LogP) is -0.117. The third kappa shape index (κ3) is 5.10. The third-order valence-corrected chi connectivity index (χ3v) is 3.44. The maximum atomic E-state index is 11.5. The molecule has 1 atom stereocenters. The number of nitrogens with zero attached hydrogens (tertiary/aromatic N) is 1. The van der Waals surface area contributed by atoms with Gasteiger partial charge < -0.3 is 5.11 Å². The molecule has 0 aromatic rings. The van der Waals surface area contributed by atoms with Gasteiger partial charge in [-0.2, -0.15) is 12.7 Å². The summed E-state index contributed by atoms with van der Waals surface area (Å²) in [5, 5.41) is 8.63. The standard InChI is InChI=1S/C8H18N2O4S/c1-4-5-9-15(13,14)10(3)6-7(2)8(11)12/h7,9H,4-6H2,1-3H3,(H,11,12). The average molecular weight is 238 g/mol. The number of carboxylic acid groups (broad SMARTS) is 1. The molecule has 0 aliphatic rings. The minimum atomic E-state index is -3.53. The third-order valence-electron chi connectivity index (χ3n) is 1.90. The van der Waals surface area contributed by atoms with Gasteiger partial charge in [0.05, 0.1) is 5.92 Å². The smallest absolute Gasteiger partial charge is 0.307 e. The minimum Gasteiger partial charge on any atom is -0.481 e. The molecule has 0 aliphatic carbocycles. The molecule has 1 unspecified atom stereocenters. The van der Waals surface area contributed by atoms with Gasteiger partial charge in [-0.05, 0) is 6.42 Å². The zero-order chi connectivity index (χ0) is 12.1. The van der Waals surface area contributed by atoms with Crippen LogP contribution < -0.4 is 4.72 Å². The fourth-order valence-electron chi connectivity index (χ4n) is 0.903. The van der Waals surface area contributed by atoms with Gasteiger partial charge in [0.2, 0.25) is 0 Å². The number of hydrogen-bond acceptors (Lipinski definition) is 3. The van der Waals surface area contributed by atoms with Gasteiger partial charge in [-0.1, -0.05) is 13.8 Å². The van der Waals surface area contributed by atoms with E-state index in [4.69, 9.17) is 5.11 Å². The summed E-state index contributed by atoms with van der Waals surface area (Å²) >= 11 is 0. The largest absolute Gasteiger partial charge is 0.481 e. The first kappa shape index (κ1) is 14.3. The van der Waals surface area contributed by atoms with Crippen LogP contribution in [0.3, 0.4) is 0 Å². The van der Waals surface area contributed by atoms with Crippen molar-refractivity contribution in [1.82, 2.24) is 9.03 Å².